The molecule has 0 spiro atoms. The molecule has 1 aliphatic carbocycles. The maximum absolute atomic E-state index is 12.9. The number of nitrogens with one attached hydrogen (secondary N) is 2. The van der Waals surface area contributed by atoms with Crippen LogP contribution in [0.4, 0.5) is 4.79 Å². The molecule has 0 radical (unpaired) electrons. The van der Waals surface area contributed by atoms with Gasteiger partial charge in [0.15, 0.2) is 5.16 Å². The van der Waals surface area contributed by atoms with Crippen molar-refractivity contribution < 1.29 is 18.0 Å². The minimum Gasteiger partial charge on any atom is -0.335 e. The van der Waals surface area contributed by atoms with Gasteiger partial charge in [-0.1, -0.05) is 39.0 Å². The van der Waals surface area contributed by atoms with Gasteiger partial charge in [0.1, 0.15) is 0 Å². The highest BCUT2D eigenvalue weighted by Crippen LogP contribution is 2.30. The third-order valence-electron chi connectivity index (χ3n) is 5.56. The SMILES string of the molecule is CCCCn1c(SC(C)C(=O)NC(=O)NC2CC2)nc2cc(S(=O)(=O)N(CC)CC)ccc21. The molecule has 2 aromatic rings. The van der Waals surface area contributed by atoms with Crippen LogP contribution in [0.2, 0.25) is 0 Å². The number of hydrogen-bond donors (Lipinski definition) is 2. The van der Waals surface area contributed by atoms with Gasteiger partial charge in [-0.25, -0.2) is 18.2 Å². The van der Waals surface area contributed by atoms with E-state index in [1.54, 1.807) is 25.1 Å². The van der Waals surface area contributed by atoms with Crippen LogP contribution < -0.4 is 10.6 Å². The van der Waals surface area contributed by atoms with Crippen molar-refractivity contribution in [2.75, 3.05) is 13.1 Å². The van der Waals surface area contributed by atoms with Crippen molar-refractivity contribution in [2.45, 2.75) is 81.3 Å². The zero-order chi connectivity index (χ0) is 24.2. The van der Waals surface area contributed by atoms with Crippen molar-refractivity contribution >= 4 is 44.8 Å². The number of carbonyl (C=O) groups excluding carboxylic acids is 2. The second-order valence-electron chi connectivity index (χ2n) is 8.14. The Morgan fingerprint density at radius 3 is 2.55 bits per heavy atom. The second-order valence-corrected chi connectivity index (χ2v) is 11.4. The summed E-state index contributed by atoms with van der Waals surface area (Å²) in [7, 11) is -3.60. The Labute approximate surface area is 199 Å². The fraction of sp³-hybridized carbons (Fsp3) is 0.591. The van der Waals surface area contributed by atoms with Crippen molar-refractivity contribution in [3.63, 3.8) is 0 Å². The number of imide groups is 1. The predicted octanol–water partition coefficient (Wildman–Crippen LogP) is 3.34. The Hall–Kier alpha value is -2.11. The summed E-state index contributed by atoms with van der Waals surface area (Å²) in [6.07, 6.45) is 3.79. The molecule has 1 saturated carbocycles. The maximum Gasteiger partial charge on any atom is 0.321 e. The molecule has 1 aliphatic rings. The van der Waals surface area contributed by atoms with Crippen molar-refractivity contribution in [3.8, 4) is 0 Å². The number of unbranched alkanes of at least 4 members (excludes halogenated alkanes) is 1. The summed E-state index contributed by atoms with van der Waals surface area (Å²) in [6.45, 7) is 8.93. The number of sulfonamides is 1. The summed E-state index contributed by atoms with van der Waals surface area (Å²) in [5, 5.41) is 5.21. The highest BCUT2D eigenvalue weighted by molar-refractivity contribution is 8.00. The van der Waals surface area contributed by atoms with Gasteiger partial charge in [-0.15, -0.1) is 0 Å². The minimum atomic E-state index is -3.60. The molecule has 11 heteroatoms. The van der Waals surface area contributed by atoms with E-state index in [-0.39, 0.29) is 10.9 Å². The topological polar surface area (TPSA) is 113 Å². The van der Waals surface area contributed by atoms with Crippen LogP contribution in [0.15, 0.2) is 28.3 Å². The van der Waals surface area contributed by atoms with E-state index < -0.39 is 27.2 Å². The van der Waals surface area contributed by atoms with Crippen LogP contribution in [0.5, 0.6) is 0 Å². The summed E-state index contributed by atoms with van der Waals surface area (Å²) in [5.74, 6) is -0.392. The number of aromatic nitrogens is 2. The van der Waals surface area contributed by atoms with Crippen LogP contribution in [0.25, 0.3) is 11.0 Å². The average molecular weight is 496 g/mol. The van der Waals surface area contributed by atoms with Gasteiger partial charge in [-0.2, -0.15) is 4.31 Å². The number of aryl methyl sites for hydroxylation is 1. The molecule has 1 aromatic carbocycles. The van der Waals surface area contributed by atoms with E-state index in [0.717, 1.165) is 31.2 Å². The number of carbonyl (C=O) groups is 2. The number of benzene rings is 1. The zero-order valence-electron chi connectivity index (χ0n) is 19.6. The van der Waals surface area contributed by atoms with E-state index in [0.29, 0.717) is 30.3 Å². The van der Waals surface area contributed by atoms with Crippen LogP contribution in [0, 0.1) is 0 Å². The predicted molar refractivity (Wildman–Crippen MR) is 130 cm³/mol. The molecular weight excluding hydrogens is 462 g/mol. The van der Waals surface area contributed by atoms with Gasteiger partial charge < -0.3 is 9.88 Å². The van der Waals surface area contributed by atoms with E-state index in [1.165, 1.54) is 16.1 Å². The number of thioether (sulfide) groups is 1. The van der Waals surface area contributed by atoms with Crippen molar-refractivity contribution in [1.29, 1.82) is 0 Å². The first-order valence-corrected chi connectivity index (χ1v) is 13.8. The lowest BCUT2D eigenvalue weighted by atomic mass is 10.3. The van der Waals surface area contributed by atoms with Gasteiger partial charge in [-0.3, -0.25) is 10.1 Å². The molecule has 3 amide bonds. The first-order chi connectivity index (χ1) is 15.7. The largest absolute Gasteiger partial charge is 0.335 e. The standard InChI is InChI=1S/C22H33N5O4S2/c1-5-8-13-27-19-12-11-17(33(30,31)26(6-2)7-3)14-18(19)24-22(27)32-15(4)20(28)25-21(29)23-16-9-10-16/h11-12,14-16H,5-10,13H2,1-4H3,(H2,23,25,28,29). The summed E-state index contributed by atoms with van der Waals surface area (Å²) < 4.78 is 29.3. The molecule has 2 N–H and O–H groups in total. The van der Waals surface area contributed by atoms with Gasteiger partial charge in [0.25, 0.3) is 0 Å². The highest BCUT2D eigenvalue weighted by Gasteiger charge is 2.27. The maximum atomic E-state index is 12.9. The van der Waals surface area contributed by atoms with Gasteiger partial charge >= 0.3 is 6.03 Å². The number of urea groups is 1. The smallest absolute Gasteiger partial charge is 0.321 e. The molecule has 1 atom stereocenters. The van der Waals surface area contributed by atoms with Crippen LogP contribution >= 0.6 is 11.8 Å². The number of hydrogen-bond acceptors (Lipinski definition) is 6. The van der Waals surface area contributed by atoms with Crippen LogP contribution in [0.3, 0.4) is 0 Å². The van der Waals surface area contributed by atoms with E-state index in [1.807, 2.05) is 18.4 Å². The third kappa shape index (κ3) is 6.07. The Kier molecular flexibility index (Phi) is 8.41. The summed E-state index contributed by atoms with van der Waals surface area (Å²) in [5.41, 5.74) is 1.39. The number of nitrogens with zero attached hydrogens (tertiary/aromatic N) is 3. The molecule has 9 nitrogen and oxygen atoms in total. The number of amides is 3. The molecule has 1 fully saturated rings. The highest BCUT2D eigenvalue weighted by atomic mass is 32.2. The van der Waals surface area contributed by atoms with Crippen molar-refractivity contribution in [3.05, 3.63) is 18.2 Å². The normalized spacial score (nSPS) is 15.1. The molecule has 0 bridgehead atoms. The molecule has 182 valence electrons. The van der Waals surface area contributed by atoms with E-state index in [2.05, 4.69) is 22.5 Å². The Balaban J connectivity index is 1.86. The van der Waals surface area contributed by atoms with Crippen LogP contribution in [0.1, 0.15) is 53.4 Å². The van der Waals surface area contributed by atoms with Gasteiger partial charge in [0.2, 0.25) is 15.9 Å². The number of imidazole rings is 1. The quantitative estimate of drug-likeness (QED) is 0.462. The second kappa shape index (κ2) is 10.9. The van der Waals surface area contributed by atoms with Crippen molar-refractivity contribution in [2.24, 2.45) is 0 Å². The Morgan fingerprint density at radius 2 is 1.94 bits per heavy atom. The summed E-state index contributed by atoms with van der Waals surface area (Å²) in [4.78, 5) is 29.3. The Bertz CT molecular complexity index is 1110. The molecule has 33 heavy (non-hydrogen) atoms. The number of fused-ring (bicyclic) bond motifs is 1. The molecular formula is C22H33N5O4S2. The molecule has 1 aromatic heterocycles. The molecule has 1 heterocycles. The van der Waals surface area contributed by atoms with Gasteiger partial charge in [-0.05, 0) is 44.4 Å². The third-order valence-corrected chi connectivity index (χ3v) is 8.70. The zero-order valence-corrected chi connectivity index (χ0v) is 21.3. The van der Waals surface area contributed by atoms with E-state index in [4.69, 9.17) is 0 Å². The minimum absolute atomic E-state index is 0.167. The van der Waals surface area contributed by atoms with E-state index >= 15 is 0 Å². The summed E-state index contributed by atoms with van der Waals surface area (Å²) >= 11 is 1.26. The Morgan fingerprint density at radius 1 is 1.24 bits per heavy atom. The fourth-order valence-corrected chi connectivity index (χ4v) is 5.89. The molecule has 3 rings (SSSR count). The lowest BCUT2D eigenvalue weighted by molar-refractivity contribution is -0.119. The molecule has 0 aliphatic heterocycles. The average Bonchev–Trinajstić information content (AvgIpc) is 3.52. The summed E-state index contributed by atoms with van der Waals surface area (Å²) in [6, 6.07) is 4.70. The van der Waals surface area contributed by atoms with Crippen molar-refractivity contribution in [1.82, 2.24) is 24.5 Å². The van der Waals surface area contributed by atoms with Crippen LogP contribution in [-0.4, -0.2) is 58.6 Å². The van der Waals surface area contributed by atoms with Crippen LogP contribution in [-0.2, 0) is 21.4 Å². The lowest BCUT2D eigenvalue weighted by Crippen LogP contribution is -2.43. The molecule has 0 saturated heterocycles. The molecule has 1 unspecified atom stereocenters. The van der Waals surface area contributed by atoms with Gasteiger partial charge in [0.05, 0.1) is 21.2 Å². The monoisotopic (exact) mass is 495 g/mol. The lowest BCUT2D eigenvalue weighted by Gasteiger charge is -2.18. The number of rotatable bonds is 11. The van der Waals surface area contributed by atoms with Gasteiger partial charge in [0, 0.05) is 25.7 Å². The first kappa shape index (κ1) is 25.5. The van der Waals surface area contributed by atoms with E-state index in [9.17, 15) is 18.0 Å². The fourth-order valence-electron chi connectivity index (χ4n) is 3.46. The first-order valence-electron chi connectivity index (χ1n) is 11.5.